The van der Waals surface area contributed by atoms with Gasteiger partial charge < -0.3 is 9.73 Å². The second-order valence-corrected chi connectivity index (χ2v) is 7.03. The molecule has 0 unspecified atom stereocenters. The quantitative estimate of drug-likeness (QED) is 0.484. The highest BCUT2D eigenvalue weighted by Gasteiger charge is 2.10. The lowest BCUT2D eigenvalue weighted by atomic mass is 10.1. The number of rotatable bonds is 5. The molecule has 0 radical (unpaired) electrons. The molecule has 0 aliphatic heterocycles. The third-order valence-electron chi connectivity index (χ3n) is 5.02. The summed E-state index contributed by atoms with van der Waals surface area (Å²) in [6.45, 7) is 2.53. The van der Waals surface area contributed by atoms with Crippen LogP contribution in [0.1, 0.15) is 28.4 Å². The molecule has 0 fully saturated rings. The molecule has 1 N–H and O–H groups in total. The van der Waals surface area contributed by atoms with Crippen molar-refractivity contribution in [3.05, 3.63) is 83.9 Å². The summed E-state index contributed by atoms with van der Waals surface area (Å²) in [5, 5.41) is 2.91. The van der Waals surface area contributed by atoms with E-state index in [0.717, 1.165) is 28.6 Å². The third kappa shape index (κ3) is 3.41. The Labute approximate surface area is 172 Å². The summed E-state index contributed by atoms with van der Waals surface area (Å²) >= 11 is 0. The molecule has 7 nitrogen and oxygen atoms in total. The number of nitrogens with zero attached hydrogens (tertiary/aromatic N) is 4. The first-order valence-corrected chi connectivity index (χ1v) is 9.75. The number of aryl methyl sites for hydroxylation is 1. The van der Waals surface area contributed by atoms with Gasteiger partial charge in [-0.2, -0.15) is 0 Å². The van der Waals surface area contributed by atoms with E-state index in [9.17, 15) is 4.79 Å². The van der Waals surface area contributed by atoms with E-state index in [-0.39, 0.29) is 5.91 Å². The number of amides is 1. The maximum absolute atomic E-state index is 12.4. The van der Waals surface area contributed by atoms with Crippen molar-refractivity contribution in [3.8, 4) is 11.5 Å². The number of fused-ring (bicyclic) bond motifs is 2. The Morgan fingerprint density at radius 2 is 1.93 bits per heavy atom. The molecule has 5 rings (SSSR count). The van der Waals surface area contributed by atoms with Crippen LogP contribution < -0.4 is 5.32 Å². The highest BCUT2D eigenvalue weighted by Crippen LogP contribution is 2.25. The Morgan fingerprint density at radius 1 is 1.10 bits per heavy atom. The Balaban J connectivity index is 1.28. The van der Waals surface area contributed by atoms with Gasteiger partial charge in [-0.05, 0) is 41.8 Å². The zero-order valence-corrected chi connectivity index (χ0v) is 16.4. The van der Waals surface area contributed by atoms with Crippen molar-refractivity contribution < 1.29 is 9.21 Å². The fraction of sp³-hybridized carbons (Fsp3) is 0.130. The monoisotopic (exact) mass is 397 g/mol. The second-order valence-electron chi connectivity index (χ2n) is 7.03. The van der Waals surface area contributed by atoms with E-state index >= 15 is 0 Å². The van der Waals surface area contributed by atoms with Gasteiger partial charge in [0.05, 0.1) is 5.56 Å². The van der Waals surface area contributed by atoms with Crippen LogP contribution in [0.4, 0.5) is 0 Å². The van der Waals surface area contributed by atoms with Gasteiger partial charge in [0.15, 0.2) is 5.58 Å². The molecule has 0 atom stereocenters. The molecular weight excluding hydrogens is 378 g/mol. The summed E-state index contributed by atoms with van der Waals surface area (Å²) in [5.41, 5.74) is 5.24. The number of nitrogens with one attached hydrogen (secondary N) is 1. The lowest BCUT2D eigenvalue weighted by molar-refractivity contribution is 0.0950. The van der Waals surface area contributed by atoms with Crippen LogP contribution in [-0.2, 0) is 13.0 Å². The van der Waals surface area contributed by atoms with E-state index in [1.807, 2.05) is 30.3 Å². The van der Waals surface area contributed by atoms with Crippen LogP contribution in [0.3, 0.4) is 0 Å². The molecule has 0 aliphatic rings. The highest BCUT2D eigenvalue weighted by atomic mass is 16.3. The van der Waals surface area contributed by atoms with Crippen LogP contribution >= 0.6 is 0 Å². The van der Waals surface area contributed by atoms with Gasteiger partial charge in [-0.25, -0.2) is 15.0 Å². The standard InChI is InChI=1S/C23H19N5O2/c1-2-15-5-8-20-19(11-15)27-22(30-20)17-6-3-16(4-7-17)12-25-21(29)18-13-26-23-24-9-10-28(23)14-18/h3-11,13-14H,2,12H2,1H3,(H,25,29). The molecule has 7 heteroatoms. The fourth-order valence-corrected chi connectivity index (χ4v) is 3.30. The van der Waals surface area contributed by atoms with E-state index in [2.05, 4.69) is 39.3 Å². The zero-order valence-electron chi connectivity index (χ0n) is 16.4. The van der Waals surface area contributed by atoms with Crippen LogP contribution in [0.15, 0.2) is 71.7 Å². The van der Waals surface area contributed by atoms with Crippen LogP contribution in [-0.4, -0.2) is 25.3 Å². The van der Waals surface area contributed by atoms with E-state index in [0.29, 0.717) is 23.8 Å². The molecule has 148 valence electrons. The highest BCUT2D eigenvalue weighted by molar-refractivity contribution is 5.93. The van der Waals surface area contributed by atoms with Gasteiger partial charge in [-0.15, -0.1) is 0 Å². The first-order valence-electron chi connectivity index (χ1n) is 9.75. The molecule has 1 amide bonds. The van der Waals surface area contributed by atoms with E-state index in [4.69, 9.17) is 4.42 Å². The normalized spacial score (nSPS) is 11.2. The molecule has 5 aromatic rings. The Kier molecular flexibility index (Phi) is 4.48. The number of oxazole rings is 1. The number of imidazole rings is 1. The van der Waals surface area contributed by atoms with Gasteiger partial charge in [-0.3, -0.25) is 9.20 Å². The summed E-state index contributed by atoms with van der Waals surface area (Å²) < 4.78 is 7.60. The van der Waals surface area contributed by atoms with Crippen LogP contribution in [0.25, 0.3) is 28.3 Å². The predicted octanol–water partition coefficient (Wildman–Crippen LogP) is 4.03. The van der Waals surface area contributed by atoms with Crippen molar-refractivity contribution in [2.24, 2.45) is 0 Å². The first-order chi connectivity index (χ1) is 14.7. The van der Waals surface area contributed by atoms with Crippen molar-refractivity contribution in [1.82, 2.24) is 24.7 Å². The minimum Gasteiger partial charge on any atom is -0.436 e. The summed E-state index contributed by atoms with van der Waals surface area (Å²) in [4.78, 5) is 25.3. The molecule has 3 heterocycles. The number of hydrogen-bond donors (Lipinski definition) is 1. The van der Waals surface area contributed by atoms with Crippen LogP contribution in [0.2, 0.25) is 0 Å². The van der Waals surface area contributed by atoms with Crippen molar-refractivity contribution in [1.29, 1.82) is 0 Å². The number of aromatic nitrogens is 4. The SMILES string of the molecule is CCc1ccc2oc(-c3ccc(CNC(=O)c4cnc5nccn5c4)cc3)nc2c1. The van der Waals surface area contributed by atoms with Gasteiger partial charge in [0, 0.05) is 36.9 Å². The molecule has 0 saturated carbocycles. The first kappa shape index (κ1) is 18.1. The fourth-order valence-electron chi connectivity index (χ4n) is 3.30. The van der Waals surface area contributed by atoms with E-state index in [1.54, 1.807) is 23.0 Å². The average Bonchev–Trinajstić information content (AvgIpc) is 3.43. The summed E-state index contributed by atoms with van der Waals surface area (Å²) in [6, 6.07) is 13.9. The van der Waals surface area contributed by atoms with Crippen LogP contribution in [0.5, 0.6) is 0 Å². The number of carbonyl (C=O) groups is 1. The number of carbonyl (C=O) groups excluding carboxylic acids is 1. The van der Waals surface area contributed by atoms with Gasteiger partial charge >= 0.3 is 0 Å². The van der Waals surface area contributed by atoms with Gasteiger partial charge in [0.2, 0.25) is 11.7 Å². The van der Waals surface area contributed by atoms with Gasteiger partial charge in [0.25, 0.3) is 5.91 Å². The Morgan fingerprint density at radius 3 is 2.77 bits per heavy atom. The molecule has 0 aliphatic carbocycles. The molecule has 30 heavy (non-hydrogen) atoms. The van der Waals surface area contributed by atoms with Crippen molar-refractivity contribution in [2.75, 3.05) is 0 Å². The molecule has 0 saturated heterocycles. The van der Waals surface area contributed by atoms with E-state index in [1.165, 1.54) is 11.8 Å². The second kappa shape index (κ2) is 7.44. The van der Waals surface area contributed by atoms with Gasteiger partial charge in [0.1, 0.15) is 5.52 Å². The number of hydrogen-bond acceptors (Lipinski definition) is 5. The van der Waals surface area contributed by atoms with Crippen LogP contribution in [0, 0.1) is 0 Å². The Bertz CT molecular complexity index is 1350. The van der Waals surface area contributed by atoms with Gasteiger partial charge in [-0.1, -0.05) is 25.1 Å². The molecular formula is C23H19N5O2. The molecule has 2 aromatic carbocycles. The average molecular weight is 397 g/mol. The molecule has 0 spiro atoms. The minimum atomic E-state index is -0.187. The lowest BCUT2D eigenvalue weighted by Gasteiger charge is -2.06. The van der Waals surface area contributed by atoms with Crippen molar-refractivity contribution >= 4 is 22.8 Å². The summed E-state index contributed by atoms with van der Waals surface area (Å²) in [7, 11) is 0. The summed E-state index contributed by atoms with van der Waals surface area (Å²) in [5.74, 6) is 0.966. The minimum absolute atomic E-state index is 0.187. The Hall–Kier alpha value is -4.00. The number of benzene rings is 2. The predicted molar refractivity (Wildman–Crippen MR) is 113 cm³/mol. The zero-order chi connectivity index (χ0) is 20.5. The largest absolute Gasteiger partial charge is 0.436 e. The maximum Gasteiger partial charge on any atom is 0.254 e. The third-order valence-corrected chi connectivity index (χ3v) is 5.02. The molecule has 0 bridgehead atoms. The lowest BCUT2D eigenvalue weighted by Crippen LogP contribution is -2.23. The summed E-state index contributed by atoms with van der Waals surface area (Å²) in [6.07, 6.45) is 7.60. The van der Waals surface area contributed by atoms with Crippen molar-refractivity contribution in [3.63, 3.8) is 0 Å². The van der Waals surface area contributed by atoms with E-state index < -0.39 is 0 Å². The maximum atomic E-state index is 12.4. The smallest absolute Gasteiger partial charge is 0.254 e. The van der Waals surface area contributed by atoms with Crippen molar-refractivity contribution in [2.45, 2.75) is 19.9 Å². The topological polar surface area (TPSA) is 85.3 Å². The molecule has 3 aromatic heterocycles.